The molecular formula is C18H14FN3OS. The number of benzene rings is 2. The molecule has 0 fully saturated rings. The van der Waals surface area contributed by atoms with E-state index in [-0.39, 0.29) is 5.82 Å². The van der Waals surface area contributed by atoms with Crippen LogP contribution in [0.25, 0.3) is 21.7 Å². The Balaban J connectivity index is 1.62. The number of fused-ring (bicyclic) bond motifs is 1. The number of para-hydroxylation sites is 1. The topological polar surface area (TPSA) is 51.8 Å². The number of thiazole rings is 1. The average molecular weight is 339 g/mol. The van der Waals surface area contributed by atoms with Gasteiger partial charge in [-0.05, 0) is 49.2 Å². The van der Waals surface area contributed by atoms with Crippen molar-refractivity contribution in [3.05, 3.63) is 64.2 Å². The van der Waals surface area contributed by atoms with Crippen LogP contribution in [0.5, 0.6) is 0 Å². The third kappa shape index (κ3) is 2.69. The first kappa shape index (κ1) is 15.0. The van der Waals surface area contributed by atoms with Gasteiger partial charge in [-0.25, -0.2) is 9.37 Å². The highest BCUT2D eigenvalue weighted by Crippen LogP contribution is 2.27. The molecule has 2 aromatic carbocycles. The predicted octanol–water partition coefficient (Wildman–Crippen LogP) is 4.69. The molecule has 0 aliphatic carbocycles. The summed E-state index contributed by atoms with van der Waals surface area (Å²) < 4.78 is 20.3. The second-order valence-corrected chi connectivity index (χ2v) is 6.79. The van der Waals surface area contributed by atoms with Gasteiger partial charge in [0.2, 0.25) is 11.8 Å². The van der Waals surface area contributed by atoms with Crippen LogP contribution in [0.3, 0.4) is 0 Å². The smallest absolute Gasteiger partial charge is 0.247 e. The van der Waals surface area contributed by atoms with Crippen LogP contribution >= 0.6 is 11.3 Å². The van der Waals surface area contributed by atoms with Crippen LogP contribution in [-0.2, 0) is 6.42 Å². The Morgan fingerprint density at radius 1 is 1.08 bits per heavy atom. The first-order chi connectivity index (χ1) is 11.6. The third-order valence-electron chi connectivity index (χ3n) is 3.94. The molecule has 0 spiro atoms. The van der Waals surface area contributed by atoms with E-state index < -0.39 is 0 Å². The van der Waals surface area contributed by atoms with Gasteiger partial charge in [0, 0.05) is 5.56 Å². The maximum atomic E-state index is 13.7. The van der Waals surface area contributed by atoms with E-state index in [9.17, 15) is 4.39 Å². The molecule has 0 unspecified atom stereocenters. The van der Waals surface area contributed by atoms with Crippen LogP contribution in [0.15, 0.2) is 40.8 Å². The van der Waals surface area contributed by atoms with Crippen LogP contribution in [0, 0.1) is 19.7 Å². The Kier molecular flexibility index (Phi) is 3.61. The number of hydrogen-bond acceptors (Lipinski definition) is 5. The fourth-order valence-electron chi connectivity index (χ4n) is 2.48. The highest BCUT2D eigenvalue weighted by molar-refractivity contribution is 7.18. The quantitative estimate of drug-likeness (QED) is 0.543. The fourth-order valence-corrected chi connectivity index (χ4v) is 3.45. The maximum Gasteiger partial charge on any atom is 0.247 e. The largest absolute Gasteiger partial charge is 0.420 e. The molecule has 4 rings (SSSR count). The minimum atomic E-state index is -0.309. The maximum absolute atomic E-state index is 13.7. The van der Waals surface area contributed by atoms with E-state index in [1.165, 1.54) is 28.5 Å². The number of aromatic nitrogens is 3. The monoisotopic (exact) mass is 339 g/mol. The molecular weight excluding hydrogens is 325 g/mol. The average Bonchev–Trinajstić information content (AvgIpc) is 3.18. The summed E-state index contributed by atoms with van der Waals surface area (Å²) in [7, 11) is 0. The normalized spacial score (nSPS) is 11.3. The summed E-state index contributed by atoms with van der Waals surface area (Å²) in [6.45, 7) is 4.11. The second-order valence-electron chi connectivity index (χ2n) is 5.67. The van der Waals surface area contributed by atoms with Crippen LogP contribution < -0.4 is 0 Å². The second kappa shape index (κ2) is 5.79. The first-order valence-corrected chi connectivity index (χ1v) is 8.36. The molecule has 4 nitrogen and oxygen atoms in total. The number of hydrogen-bond donors (Lipinski definition) is 0. The zero-order chi connectivity index (χ0) is 16.7. The van der Waals surface area contributed by atoms with Gasteiger partial charge in [0.15, 0.2) is 0 Å². The van der Waals surface area contributed by atoms with Crippen LogP contribution in [-0.4, -0.2) is 15.2 Å². The van der Waals surface area contributed by atoms with E-state index in [0.717, 1.165) is 15.3 Å². The molecule has 0 saturated carbocycles. The highest BCUT2D eigenvalue weighted by Gasteiger charge is 2.13. The van der Waals surface area contributed by atoms with Gasteiger partial charge < -0.3 is 4.42 Å². The Hall–Kier alpha value is -2.60. The van der Waals surface area contributed by atoms with Crippen molar-refractivity contribution in [2.75, 3.05) is 0 Å². The van der Waals surface area contributed by atoms with Crippen molar-refractivity contribution in [2.45, 2.75) is 20.3 Å². The molecule has 0 N–H and O–H groups in total. The lowest BCUT2D eigenvalue weighted by molar-refractivity contribution is 0.517. The van der Waals surface area contributed by atoms with Crippen molar-refractivity contribution in [1.29, 1.82) is 0 Å². The van der Waals surface area contributed by atoms with Crippen molar-refractivity contribution >= 4 is 21.6 Å². The molecule has 0 amide bonds. The van der Waals surface area contributed by atoms with E-state index in [1.807, 2.05) is 31.2 Å². The molecule has 24 heavy (non-hydrogen) atoms. The Bertz CT molecular complexity index is 1040. The first-order valence-electron chi connectivity index (χ1n) is 7.54. The zero-order valence-corrected chi connectivity index (χ0v) is 14.0. The van der Waals surface area contributed by atoms with Crippen molar-refractivity contribution in [3.8, 4) is 11.5 Å². The van der Waals surface area contributed by atoms with E-state index in [0.29, 0.717) is 23.7 Å². The molecule has 0 radical (unpaired) electrons. The Labute approximate surface area is 142 Å². The van der Waals surface area contributed by atoms with Gasteiger partial charge in [-0.15, -0.1) is 21.5 Å². The molecule has 0 saturated heterocycles. The van der Waals surface area contributed by atoms with E-state index in [2.05, 4.69) is 22.1 Å². The SMILES string of the molecule is Cc1ccc(-c2nnc(Cc3nc4c(F)cccc4s3)o2)cc1C. The third-order valence-corrected chi connectivity index (χ3v) is 4.96. The standard InChI is InChI=1S/C18H14FN3OS/c1-10-6-7-12(8-11(10)2)18-22-21-15(23-18)9-16-20-17-13(19)4-3-5-14(17)24-16/h3-8H,9H2,1-2H3. The van der Waals surface area contributed by atoms with E-state index in [4.69, 9.17) is 4.42 Å². The Morgan fingerprint density at radius 2 is 1.96 bits per heavy atom. The Morgan fingerprint density at radius 3 is 2.75 bits per heavy atom. The van der Waals surface area contributed by atoms with Crippen LogP contribution in [0.4, 0.5) is 4.39 Å². The van der Waals surface area contributed by atoms with Crippen molar-refractivity contribution in [3.63, 3.8) is 0 Å². The van der Waals surface area contributed by atoms with Crippen molar-refractivity contribution in [1.82, 2.24) is 15.2 Å². The summed E-state index contributed by atoms with van der Waals surface area (Å²) >= 11 is 1.44. The highest BCUT2D eigenvalue weighted by atomic mass is 32.1. The molecule has 0 aliphatic heterocycles. The molecule has 0 aliphatic rings. The lowest BCUT2D eigenvalue weighted by Gasteiger charge is -2.00. The predicted molar refractivity (Wildman–Crippen MR) is 91.6 cm³/mol. The van der Waals surface area contributed by atoms with Crippen molar-refractivity contribution < 1.29 is 8.81 Å². The molecule has 2 aromatic heterocycles. The summed E-state index contributed by atoms with van der Waals surface area (Å²) in [6, 6.07) is 11.0. The fraction of sp³-hybridized carbons (Fsp3) is 0.167. The molecule has 0 bridgehead atoms. The van der Waals surface area contributed by atoms with Crippen molar-refractivity contribution in [2.24, 2.45) is 0 Å². The zero-order valence-electron chi connectivity index (χ0n) is 13.2. The van der Waals surface area contributed by atoms with Gasteiger partial charge in [0.25, 0.3) is 0 Å². The summed E-state index contributed by atoms with van der Waals surface area (Å²) in [4.78, 5) is 4.33. The van der Waals surface area contributed by atoms with Gasteiger partial charge in [-0.2, -0.15) is 0 Å². The molecule has 6 heteroatoms. The summed E-state index contributed by atoms with van der Waals surface area (Å²) in [6.07, 6.45) is 0.399. The van der Waals surface area contributed by atoms with Gasteiger partial charge >= 0.3 is 0 Å². The summed E-state index contributed by atoms with van der Waals surface area (Å²) in [5, 5.41) is 8.95. The minimum Gasteiger partial charge on any atom is -0.420 e. The van der Waals surface area contributed by atoms with Gasteiger partial charge in [0.05, 0.1) is 11.1 Å². The molecule has 0 atom stereocenters. The number of aryl methyl sites for hydroxylation is 2. The molecule has 120 valence electrons. The summed E-state index contributed by atoms with van der Waals surface area (Å²) in [5.41, 5.74) is 3.68. The minimum absolute atomic E-state index is 0.309. The number of nitrogens with zero attached hydrogens (tertiary/aromatic N) is 3. The molecule has 4 aromatic rings. The van der Waals surface area contributed by atoms with Gasteiger partial charge in [-0.3, -0.25) is 0 Å². The van der Waals surface area contributed by atoms with E-state index >= 15 is 0 Å². The van der Waals surface area contributed by atoms with Crippen LogP contribution in [0.1, 0.15) is 22.0 Å². The van der Waals surface area contributed by atoms with Crippen LogP contribution in [0.2, 0.25) is 0 Å². The lowest BCUT2D eigenvalue weighted by Crippen LogP contribution is -1.87. The number of halogens is 1. The summed E-state index contributed by atoms with van der Waals surface area (Å²) in [5.74, 6) is 0.652. The van der Waals surface area contributed by atoms with E-state index in [1.54, 1.807) is 6.07 Å². The van der Waals surface area contributed by atoms with Gasteiger partial charge in [0.1, 0.15) is 16.3 Å². The molecule has 2 heterocycles. The lowest BCUT2D eigenvalue weighted by atomic mass is 10.1. The number of rotatable bonds is 3. The van der Waals surface area contributed by atoms with Gasteiger partial charge in [-0.1, -0.05) is 12.1 Å².